The van der Waals surface area contributed by atoms with Crippen LogP contribution in [-0.4, -0.2) is 8.42 Å². The second kappa shape index (κ2) is 4.24. The summed E-state index contributed by atoms with van der Waals surface area (Å²) in [7, 11) is -3.29. The van der Waals surface area contributed by atoms with Crippen LogP contribution in [0.4, 0.5) is 0 Å². The van der Waals surface area contributed by atoms with E-state index in [1.807, 2.05) is 19.1 Å². The molecule has 0 heterocycles. The van der Waals surface area contributed by atoms with Crippen molar-refractivity contribution in [2.24, 2.45) is 0 Å². The van der Waals surface area contributed by atoms with Gasteiger partial charge < -0.3 is 0 Å². The second-order valence-corrected chi connectivity index (χ2v) is 4.68. The maximum absolute atomic E-state index is 11.3. The third-order valence-corrected chi connectivity index (χ3v) is 3.16. The van der Waals surface area contributed by atoms with Crippen LogP contribution in [0.5, 0.6) is 0 Å². The first-order chi connectivity index (χ1) is 6.60. The van der Waals surface area contributed by atoms with E-state index in [4.69, 9.17) is 0 Å². The van der Waals surface area contributed by atoms with Crippen molar-refractivity contribution in [2.45, 2.75) is 11.8 Å². The van der Waals surface area contributed by atoms with E-state index in [2.05, 4.69) is 6.58 Å². The Balaban J connectivity index is 3.12. The largest absolute Gasteiger partial charge is 0.219 e. The van der Waals surface area contributed by atoms with Gasteiger partial charge in [0.25, 0.3) is 0 Å². The minimum absolute atomic E-state index is 0.278. The molecule has 0 aromatic heterocycles. The van der Waals surface area contributed by atoms with Gasteiger partial charge in [-0.05, 0) is 24.6 Å². The molecule has 1 aromatic carbocycles. The minimum atomic E-state index is -3.29. The fraction of sp³-hybridized carbons (Fsp3) is 0.0909. The van der Waals surface area contributed by atoms with Gasteiger partial charge in [0.05, 0.1) is 4.90 Å². The van der Waals surface area contributed by atoms with Gasteiger partial charge in [0.1, 0.15) is 0 Å². The highest BCUT2D eigenvalue weighted by Crippen LogP contribution is 2.13. The Bertz CT molecular complexity index is 439. The van der Waals surface area contributed by atoms with Crippen LogP contribution in [0.2, 0.25) is 0 Å². The van der Waals surface area contributed by atoms with Gasteiger partial charge in [-0.3, -0.25) is 0 Å². The minimum Gasteiger partial charge on any atom is -0.219 e. The number of allylic oxidation sites excluding steroid dienone is 1. The van der Waals surface area contributed by atoms with Gasteiger partial charge in [0, 0.05) is 5.41 Å². The van der Waals surface area contributed by atoms with Crippen molar-refractivity contribution in [3.05, 3.63) is 47.9 Å². The van der Waals surface area contributed by atoms with Crippen LogP contribution in [0, 0.1) is 0 Å². The predicted molar refractivity (Wildman–Crippen MR) is 58.5 cm³/mol. The topological polar surface area (TPSA) is 34.1 Å². The standard InChI is InChI=1S/C11H12O2S/c1-3-5-10-6-8-11(9-7-10)14(12,13)4-2/h3-9H,2H2,1H3. The zero-order valence-corrected chi connectivity index (χ0v) is 8.79. The molecule has 0 unspecified atom stereocenters. The summed E-state index contributed by atoms with van der Waals surface area (Å²) < 4.78 is 22.7. The highest BCUT2D eigenvalue weighted by molar-refractivity contribution is 7.94. The molecule has 0 N–H and O–H groups in total. The number of hydrogen-bond acceptors (Lipinski definition) is 2. The van der Waals surface area contributed by atoms with Gasteiger partial charge in [-0.15, -0.1) is 0 Å². The van der Waals surface area contributed by atoms with Crippen molar-refractivity contribution < 1.29 is 8.42 Å². The normalized spacial score (nSPS) is 11.8. The maximum Gasteiger partial charge on any atom is 0.199 e. The maximum atomic E-state index is 11.3. The summed E-state index contributed by atoms with van der Waals surface area (Å²) in [4.78, 5) is 0.278. The Kier molecular flexibility index (Phi) is 3.25. The van der Waals surface area contributed by atoms with Crippen molar-refractivity contribution in [2.75, 3.05) is 0 Å². The molecular formula is C11H12O2S. The summed E-state index contributed by atoms with van der Waals surface area (Å²) in [5, 5.41) is 0.956. The third kappa shape index (κ3) is 2.33. The lowest BCUT2D eigenvalue weighted by Crippen LogP contribution is -1.94. The quantitative estimate of drug-likeness (QED) is 0.765. The molecule has 0 aliphatic carbocycles. The summed E-state index contributed by atoms with van der Waals surface area (Å²) in [5.41, 5.74) is 0.982. The van der Waals surface area contributed by atoms with Crippen molar-refractivity contribution in [1.29, 1.82) is 0 Å². The third-order valence-electron chi connectivity index (χ3n) is 1.79. The van der Waals surface area contributed by atoms with E-state index in [9.17, 15) is 8.42 Å². The fourth-order valence-electron chi connectivity index (χ4n) is 1.06. The molecule has 74 valence electrons. The van der Waals surface area contributed by atoms with Crippen LogP contribution in [0.25, 0.3) is 6.08 Å². The van der Waals surface area contributed by atoms with Crippen LogP contribution in [-0.2, 0) is 9.84 Å². The molecule has 1 aromatic rings. The van der Waals surface area contributed by atoms with Crippen LogP contribution in [0.1, 0.15) is 12.5 Å². The zero-order valence-electron chi connectivity index (χ0n) is 7.97. The molecule has 14 heavy (non-hydrogen) atoms. The average Bonchev–Trinajstić information content (AvgIpc) is 2.19. The lowest BCUT2D eigenvalue weighted by atomic mass is 10.2. The van der Waals surface area contributed by atoms with E-state index < -0.39 is 9.84 Å². The van der Waals surface area contributed by atoms with Gasteiger partial charge >= 0.3 is 0 Å². The first-order valence-electron chi connectivity index (χ1n) is 4.20. The van der Waals surface area contributed by atoms with Crippen LogP contribution >= 0.6 is 0 Å². The highest BCUT2D eigenvalue weighted by Gasteiger charge is 2.07. The van der Waals surface area contributed by atoms with E-state index in [0.29, 0.717) is 0 Å². The van der Waals surface area contributed by atoms with E-state index in [0.717, 1.165) is 11.0 Å². The Labute approximate surface area is 84.5 Å². The van der Waals surface area contributed by atoms with Crippen LogP contribution in [0.3, 0.4) is 0 Å². The number of rotatable bonds is 3. The Hall–Kier alpha value is -1.35. The van der Waals surface area contributed by atoms with Gasteiger partial charge in [-0.25, -0.2) is 8.42 Å². The Morgan fingerprint density at radius 3 is 2.21 bits per heavy atom. The van der Waals surface area contributed by atoms with E-state index in [1.54, 1.807) is 24.3 Å². The van der Waals surface area contributed by atoms with Gasteiger partial charge in [-0.2, -0.15) is 0 Å². The summed E-state index contributed by atoms with van der Waals surface area (Å²) >= 11 is 0. The molecule has 0 amide bonds. The van der Waals surface area contributed by atoms with E-state index in [1.165, 1.54) is 0 Å². The van der Waals surface area contributed by atoms with E-state index >= 15 is 0 Å². The molecule has 0 saturated carbocycles. The SMILES string of the molecule is C=CS(=O)(=O)c1ccc(C=CC)cc1. The lowest BCUT2D eigenvalue weighted by Gasteiger charge is -1.98. The number of sulfone groups is 1. The van der Waals surface area contributed by atoms with Gasteiger partial charge in [0.2, 0.25) is 0 Å². The molecule has 0 saturated heterocycles. The highest BCUT2D eigenvalue weighted by atomic mass is 32.2. The zero-order chi connectivity index (χ0) is 10.6. The first kappa shape index (κ1) is 10.7. The second-order valence-electron chi connectivity index (χ2n) is 2.78. The molecule has 3 heteroatoms. The smallest absolute Gasteiger partial charge is 0.199 e. The number of hydrogen-bond donors (Lipinski definition) is 0. The summed E-state index contributed by atoms with van der Waals surface area (Å²) in [5.74, 6) is 0. The molecule has 0 spiro atoms. The van der Waals surface area contributed by atoms with Crippen LogP contribution < -0.4 is 0 Å². The molecule has 1 rings (SSSR count). The Morgan fingerprint density at radius 2 is 1.79 bits per heavy atom. The number of benzene rings is 1. The van der Waals surface area contributed by atoms with Crippen molar-refractivity contribution in [3.8, 4) is 0 Å². The average molecular weight is 208 g/mol. The molecule has 0 radical (unpaired) electrons. The fourth-order valence-corrected chi connectivity index (χ4v) is 1.77. The molecule has 0 aliphatic rings. The van der Waals surface area contributed by atoms with Crippen molar-refractivity contribution in [3.63, 3.8) is 0 Å². The molecule has 0 aliphatic heterocycles. The molecule has 2 nitrogen and oxygen atoms in total. The van der Waals surface area contributed by atoms with E-state index in [-0.39, 0.29) is 4.90 Å². The predicted octanol–water partition coefficient (Wildman–Crippen LogP) is 2.64. The van der Waals surface area contributed by atoms with Crippen molar-refractivity contribution in [1.82, 2.24) is 0 Å². The lowest BCUT2D eigenvalue weighted by molar-refractivity contribution is 0.604. The van der Waals surface area contributed by atoms with Crippen molar-refractivity contribution >= 4 is 15.9 Å². The summed E-state index contributed by atoms with van der Waals surface area (Å²) in [6, 6.07) is 6.67. The Morgan fingerprint density at radius 1 is 1.21 bits per heavy atom. The van der Waals surface area contributed by atoms with Gasteiger partial charge in [0.15, 0.2) is 9.84 Å². The van der Waals surface area contributed by atoms with Crippen LogP contribution in [0.15, 0.2) is 47.2 Å². The monoisotopic (exact) mass is 208 g/mol. The molecule has 0 atom stereocenters. The summed E-state index contributed by atoms with van der Waals surface area (Å²) in [6.45, 7) is 5.18. The van der Waals surface area contributed by atoms with Gasteiger partial charge in [-0.1, -0.05) is 30.9 Å². The summed E-state index contributed by atoms with van der Waals surface area (Å²) in [6.07, 6.45) is 3.81. The first-order valence-corrected chi connectivity index (χ1v) is 5.75. The molecule has 0 fully saturated rings. The molecule has 0 bridgehead atoms. The molecular weight excluding hydrogens is 196 g/mol.